The molecule has 1 heterocycles. The molecule has 1 fully saturated rings. The van der Waals surface area contributed by atoms with Gasteiger partial charge in [0.05, 0.1) is 11.5 Å². The summed E-state index contributed by atoms with van der Waals surface area (Å²) >= 11 is 0. The topological polar surface area (TPSA) is 70.6 Å². The highest BCUT2D eigenvalue weighted by molar-refractivity contribution is 7.91. The average Bonchev–Trinajstić information content (AvgIpc) is 2.84. The molecule has 1 unspecified atom stereocenters. The molecule has 6 heteroatoms. The summed E-state index contributed by atoms with van der Waals surface area (Å²) < 4.78 is 22.8. The van der Waals surface area contributed by atoms with Crippen molar-refractivity contribution >= 4 is 15.8 Å². The molecular weight excluding hydrogens is 298 g/mol. The van der Waals surface area contributed by atoms with Crippen LogP contribution in [0.25, 0.3) is 0 Å². The van der Waals surface area contributed by atoms with Gasteiger partial charge in [0.25, 0.3) is 0 Å². The van der Waals surface area contributed by atoms with E-state index in [0.717, 1.165) is 25.3 Å². The highest BCUT2D eigenvalue weighted by Gasteiger charge is 2.27. The molecule has 2 N–H and O–H groups in total. The summed E-state index contributed by atoms with van der Waals surface area (Å²) in [6.45, 7) is 3.86. The maximum absolute atomic E-state index is 11.4. The number of rotatable bonds is 10. The fraction of sp³-hybridized carbons (Fsp3) is 0.938. The van der Waals surface area contributed by atoms with E-state index in [2.05, 4.69) is 22.5 Å². The molecule has 5 nitrogen and oxygen atoms in total. The molecule has 1 atom stereocenters. The van der Waals surface area contributed by atoms with E-state index in [0.29, 0.717) is 18.1 Å². The van der Waals surface area contributed by atoms with Crippen molar-refractivity contribution < 1.29 is 8.42 Å². The number of unbranched alkanes of at least 4 members (excludes halogenated alkanes) is 6. The minimum atomic E-state index is -2.78. The van der Waals surface area contributed by atoms with E-state index in [-0.39, 0.29) is 5.92 Å². The molecule has 130 valence electrons. The quantitative estimate of drug-likeness (QED) is 0.366. The highest BCUT2D eigenvalue weighted by atomic mass is 32.2. The van der Waals surface area contributed by atoms with Gasteiger partial charge < -0.3 is 10.6 Å². The molecule has 22 heavy (non-hydrogen) atoms. The molecule has 1 rings (SSSR count). The molecular formula is C16H33N3O2S. The highest BCUT2D eigenvalue weighted by Crippen LogP contribution is 2.17. The van der Waals surface area contributed by atoms with E-state index < -0.39 is 9.84 Å². The molecule has 0 aliphatic carbocycles. The Morgan fingerprint density at radius 3 is 2.36 bits per heavy atom. The van der Waals surface area contributed by atoms with Crippen LogP contribution < -0.4 is 10.6 Å². The third kappa shape index (κ3) is 8.61. The zero-order chi connectivity index (χ0) is 16.3. The largest absolute Gasteiger partial charge is 0.356 e. The SMILES string of the molecule is CCCCCCCCCNC(=NC)NCC1CCS(=O)(=O)C1. The van der Waals surface area contributed by atoms with Gasteiger partial charge in [0.15, 0.2) is 15.8 Å². The molecule has 0 amide bonds. The molecule has 1 aliphatic rings. The van der Waals surface area contributed by atoms with E-state index in [1.54, 1.807) is 7.05 Å². The Bertz CT molecular complexity index is 421. The van der Waals surface area contributed by atoms with Gasteiger partial charge in [-0.05, 0) is 18.8 Å². The molecule has 0 radical (unpaired) electrons. The molecule has 0 bridgehead atoms. The molecule has 0 aromatic carbocycles. The predicted molar refractivity (Wildman–Crippen MR) is 94.1 cm³/mol. The number of sulfone groups is 1. The van der Waals surface area contributed by atoms with Gasteiger partial charge in [-0.3, -0.25) is 4.99 Å². The summed E-state index contributed by atoms with van der Waals surface area (Å²) in [4.78, 5) is 4.19. The van der Waals surface area contributed by atoms with Gasteiger partial charge in [0.2, 0.25) is 0 Å². The van der Waals surface area contributed by atoms with E-state index in [1.165, 1.54) is 38.5 Å². The molecule has 0 aromatic rings. The van der Waals surface area contributed by atoms with Gasteiger partial charge in [0.1, 0.15) is 0 Å². The minimum Gasteiger partial charge on any atom is -0.356 e. The third-order valence-corrected chi connectivity index (χ3v) is 6.02. The maximum Gasteiger partial charge on any atom is 0.190 e. The van der Waals surface area contributed by atoms with Crippen molar-refractivity contribution in [3.8, 4) is 0 Å². The van der Waals surface area contributed by atoms with Gasteiger partial charge in [-0.15, -0.1) is 0 Å². The lowest BCUT2D eigenvalue weighted by Gasteiger charge is -2.14. The normalized spacial score (nSPS) is 21.0. The molecule has 0 spiro atoms. The Kier molecular flexibility index (Phi) is 9.52. The first kappa shape index (κ1) is 19.3. The van der Waals surface area contributed by atoms with Crippen LogP contribution in [0.4, 0.5) is 0 Å². The first-order valence-corrected chi connectivity index (χ1v) is 10.5. The average molecular weight is 332 g/mol. The number of nitrogens with one attached hydrogen (secondary N) is 2. The lowest BCUT2D eigenvalue weighted by atomic mass is 10.1. The molecule has 1 saturated heterocycles. The number of guanidine groups is 1. The molecule has 0 saturated carbocycles. The van der Waals surface area contributed by atoms with Crippen LogP contribution in [0.5, 0.6) is 0 Å². The Morgan fingerprint density at radius 2 is 1.77 bits per heavy atom. The van der Waals surface area contributed by atoms with Crippen LogP contribution in [0.15, 0.2) is 4.99 Å². The summed E-state index contributed by atoms with van der Waals surface area (Å²) in [5, 5.41) is 6.55. The number of hydrogen-bond acceptors (Lipinski definition) is 3. The molecule has 0 aromatic heterocycles. The third-order valence-electron chi connectivity index (χ3n) is 4.18. The van der Waals surface area contributed by atoms with Crippen molar-refractivity contribution in [1.82, 2.24) is 10.6 Å². The van der Waals surface area contributed by atoms with Crippen molar-refractivity contribution in [2.75, 3.05) is 31.6 Å². The standard InChI is InChI=1S/C16H33N3O2S/c1-3-4-5-6-7-8-9-11-18-16(17-2)19-13-15-10-12-22(20,21)14-15/h15H,3-14H2,1-2H3,(H2,17,18,19). The summed E-state index contributed by atoms with van der Waals surface area (Å²) in [7, 11) is -1.03. The minimum absolute atomic E-state index is 0.224. The smallest absolute Gasteiger partial charge is 0.190 e. The van der Waals surface area contributed by atoms with E-state index in [9.17, 15) is 8.42 Å². The second-order valence-corrected chi connectivity index (χ2v) is 8.50. The summed E-state index contributed by atoms with van der Waals surface area (Å²) in [5.41, 5.74) is 0. The van der Waals surface area contributed by atoms with E-state index in [1.807, 2.05) is 0 Å². The van der Waals surface area contributed by atoms with Gasteiger partial charge in [-0.2, -0.15) is 0 Å². The summed E-state index contributed by atoms with van der Waals surface area (Å²) in [6, 6.07) is 0. The Balaban J connectivity index is 2.03. The lowest BCUT2D eigenvalue weighted by molar-refractivity contribution is 0.561. The summed E-state index contributed by atoms with van der Waals surface area (Å²) in [6.07, 6.45) is 9.85. The summed E-state index contributed by atoms with van der Waals surface area (Å²) in [5.74, 6) is 1.66. The Labute approximate surface area is 136 Å². The first-order valence-electron chi connectivity index (χ1n) is 8.72. The van der Waals surface area contributed by atoms with Crippen molar-refractivity contribution in [3.05, 3.63) is 0 Å². The van der Waals surface area contributed by atoms with Crippen molar-refractivity contribution in [2.45, 2.75) is 58.3 Å². The molecule has 1 aliphatic heterocycles. The van der Waals surface area contributed by atoms with Crippen LogP contribution in [-0.2, 0) is 9.84 Å². The number of nitrogens with zero attached hydrogens (tertiary/aromatic N) is 1. The fourth-order valence-corrected chi connectivity index (χ4v) is 4.65. The van der Waals surface area contributed by atoms with Crippen molar-refractivity contribution in [3.63, 3.8) is 0 Å². The maximum atomic E-state index is 11.4. The van der Waals surface area contributed by atoms with Crippen LogP contribution in [0, 0.1) is 5.92 Å². The van der Waals surface area contributed by atoms with Crippen LogP contribution in [0.1, 0.15) is 58.3 Å². The monoisotopic (exact) mass is 331 g/mol. The lowest BCUT2D eigenvalue weighted by Crippen LogP contribution is -2.40. The van der Waals surface area contributed by atoms with Gasteiger partial charge in [0, 0.05) is 20.1 Å². The zero-order valence-corrected chi connectivity index (χ0v) is 15.1. The van der Waals surface area contributed by atoms with Gasteiger partial charge in [-0.1, -0.05) is 45.4 Å². The zero-order valence-electron chi connectivity index (χ0n) is 14.2. The first-order chi connectivity index (χ1) is 10.6. The van der Waals surface area contributed by atoms with Crippen LogP contribution in [0.3, 0.4) is 0 Å². The second-order valence-electron chi connectivity index (χ2n) is 6.27. The number of hydrogen-bond donors (Lipinski definition) is 2. The second kappa shape index (κ2) is 10.9. The van der Waals surface area contributed by atoms with Crippen molar-refractivity contribution in [2.24, 2.45) is 10.9 Å². The van der Waals surface area contributed by atoms with Gasteiger partial charge >= 0.3 is 0 Å². The predicted octanol–water partition coefficient (Wildman–Crippen LogP) is 2.34. The van der Waals surface area contributed by atoms with Crippen molar-refractivity contribution in [1.29, 1.82) is 0 Å². The van der Waals surface area contributed by atoms with E-state index in [4.69, 9.17) is 0 Å². The van der Waals surface area contributed by atoms with Crippen LogP contribution >= 0.6 is 0 Å². The van der Waals surface area contributed by atoms with E-state index >= 15 is 0 Å². The van der Waals surface area contributed by atoms with Crippen LogP contribution in [-0.4, -0.2) is 46.0 Å². The number of aliphatic imine (C=N–C) groups is 1. The van der Waals surface area contributed by atoms with Gasteiger partial charge in [-0.25, -0.2) is 8.42 Å². The Hall–Kier alpha value is -0.780. The Morgan fingerprint density at radius 1 is 1.09 bits per heavy atom. The fourth-order valence-electron chi connectivity index (χ4n) is 2.78. The van der Waals surface area contributed by atoms with Crippen LogP contribution in [0.2, 0.25) is 0 Å².